The average Bonchev–Trinajstić information content (AvgIpc) is 2.64. The summed E-state index contributed by atoms with van der Waals surface area (Å²) in [5, 5.41) is 2.81. The van der Waals surface area contributed by atoms with Gasteiger partial charge < -0.3 is 11.1 Å². The van der Waals surface area contributed by atoms with Crippen molar-refractivity contribution in [2.45, 2.75) is 32.2 Å². The van der Waals surface area contributed by atoms with Gasteiger partial charge in [-0.05, 0) is 49.4 Å². The molecule has 1 aromatic carbocycles. The Balaban J connectivity index is 2.13. The van der Waals surface area contributed by atoms with E-state index in [1.54, 1.807) is 6.92 Å². The molecular weight excluding hydrogens is 188 g/mol. The molecule has 80 valence electrons. The molecule has 1 amide bonds. The van der Waals surface area contributed by atoms with Crippen molar-refractivity contribution in [1.29, 1.82) is 0 Å². The van der Waals surface area contributed by atoms with E-state index in [2.05, 4.69) is 17.4 Å². The Morgan fingerprint density at radius 3 is 2.87 bits per heavy atom. The number of fused-ring (bicyclic) bond motifs is 1. The number of aryl methyl sites for hydroxylation is 2. The molecule has 0 heterocycles. The Morgan fingerprint density at radius 2 is 2.13 bits per heavy atom. The standard InChI is InChI=1S/C12H16N2O/c1-8(13)12(15)14-11-6-5-9-3-2-4-10(9)7-11/h5-8H,2-4,13H2,1H3,(H,14,15)/t8-/m0/s1. The van der Waals surface area contributed by atoms with Gasteiger partial charge >= 0.3 is 0 Å². The third kappa shape index (κ3) is 2.18. The van der Waals surface area contributed by atoms with Crippen LogP contribution in [-0.2, 0) is 17.6 Å². The predicted molar refractivity (Wildman–Crippen MR) is 60.7 cm³/mol. The van der Waals surface area contributed by atoms with Crippen LogP contribution in [0.3, 0.4) is 0 Å². The Labute approximate surface area is 89.7 Å². The predicted octanol–water partition coefficient (Wildman–Crippen LogP) is 1.46. The molecule has 0 aromatic heterocycles. The summed E-state index contributed by atoms with van der Waals surface area (Å²) in [7, 11) is 0. The topological polar surface area (TPSA) is 55.1 Å². The summed E-state index contributed by atoms with van der Waals surface area (Å²) in [6, 6.07) is 5.64. The zero-order chi connectivity index (χ0) is 10.8. The van der Waals surface area contributed by atoms with Crippen LogP contribution in [0.5, 0.6) is 0 Å². The number of nitrogens with two attached hydrogens (primary N) is 1. The summed E-state index contributed by atoms with van der Waals surface area (Å²) in [4.78, 5) is 11.4. The van der Waals surface area contributed by atoms with Crippen molar-refractivity contribution < 1.29 is 4.79 Å². The zero-order valence-corrected chi connectivity index (χ0v) is 8.92. The number of rotatable bonds is 2. The van der Waals surface area contributed by atoms with Gasteiger partial charge in [-0.2, -0.15) is 0 Å². The number of carbonyl (C=O) groups is 1. The maximum Gasteiger partial charge on any atom is 0.240 e. The summed E-state index contributed by atoms with van der Waals surface area (Å²) in [5.74, 6) is -0.132. The fourth-order valence-electron chi connectivity index (χ4n) is 1.91. The molecule has 15 heavy (non-hydrogen) atoms. The van der Waals surface area contributed by atoms with Gasteiger partial charge in [0.25, 0.3) is 0 Å². The molecule has 2 rings (SSSR count). The van der Waals surface area contributed by atoms with Crippen LogP contribution < -0.4 is 11.1 Å². The normalized spacial score (nSPS) is 15.9. The number of amides is 1. The van der Waals surface area contributed by atoms with Crippen molar-refractivity contribution >= 4 is 11.6 Å². The van der Waals surface area contributed by atoms with Crippen LogP contribution in [0.4, 0.5) is 5.69 Å². The number of hydrogen-bond donors (Lipinski definition) is 2. The first-order valence-corrected chi connectivity index (χ1v) is 5.35. The van der Waals surface area contributed by atoms with Crippen LogP contribution in [0.1, 0.15) is 24.5 Å². The van der Waals surface area contributed by atoms with E-state index in [-0.39, 0.29) is 5.91 Å². The number of hydrogen-bond acceptors (Lipinski definition) is 2. The number of anilines is 1. The lowest BCUT2D eigenvalue weighted by molar-refractivity contribution is -0.117. The maximum absolute atomic E-state index is 11.4. The van der Waals surface area contributed by atoms with Crippen LogP contribution in [0.2, 0.25) is 0 Å². The second-order valence-electron chi connectivity index (χ2n) is 4.11. The summed E-state index contributed by atoms with van der Waals surface area (Å²) < 4.78 is 0. The minimum Gasteiger partial charge on any atom is -0.325 e. The van der Waals surface area contributed by atoms with Gasteiger partial charge in [0.15, 0.2) is 0 Å². The Bertz CT molecular complexity index is 385. The molecule has 1 aliphatic rings. The summed E-state index contributed by atoms with van der Waals surface area (Å²) in [6.45, 7) is 1.68. The lowest BCUT2D eigenvalue weighted by Gasteiger charge is -2.09. The van der Waals surface area contributed by atoms with Crippen molar-refractivity contribution in [3.8, 4) is 0 Å². The van der Waals surface area contributed by atoms with E-state index >= 15 is 0 Å². The molecule has 1 aromatic rings. The van der Waals surface area contributed by atoms with Crippen molar-refractivity contribution in [3.63, 3.8) is 0 Å². The monoisotopic (exact) mass is 204 g/mol. The first-order chi connectivity index (χ1) is 7.16. The lowest BCUT2D eigenvalue weighted by atomic mass is 10.1. The molecule has 0 fully saturated rings. The van der Waals surface area contributed by atoms with E-state index in [4.69, 9.17) is 5.73 Å². The Hall–Kier alpha value is -1.35. The van der Waals surface area contributed by atoms with Gasteiger partial charge in [0.05, 0.1) is 6.04 Å². The van der Waals surface area contributed by atoms with Crippen molar-refractivity contribution in [2.75, 3.05) is 5.32 Å². The highest BCUT2D eigenvalue weighted by Crippen LogP contribution is 2.24. The van der Waals surface area contributed by atoms with Crippen molar-refractivity contribution in [3.05, 3.63) is 29.3 Å². The van der Waals surface area contributed by atoms with E-state index < -0.39 is 6.04 Å². The molecule has 0 spiro atoms. The fraction of sp³-hybridized carbons (Fsp3) is 0.417. The van der Waals surface area contributed by atoms with Gasteiger partial charge in [0.1, 0.15) is 0 Å². The second-order valence-corrected chi connectivity index (χ2v) is 4.11. The van der Waals surface area contributed by atoms with E-state index in [9.17, 15) is 4.79 Å². The van der Waals surface area contributed by atoms with E-state index in [1.165, 1.54) is 17.5 Å². The zero-order valence-electron chi connectivity index (χ0n) is 8.92. The van der Waals surface area contributed by atoms with Crippen LogP contribution in [0, 0.1) is 0 Å². The van der Waals surface area contributed by atoms with Gasteiger partial charge in [0.2, 0.25) is 5.91 Å². The number of nitrogens with one attached hydrogen (secondary N) is 1. The second kappa shape index (κ2) is 4.03. The number of benzene rings is 1. The minimum atomic E-state index is -0.460. The summed E-state index contributed by atoms with van der Waals surface area (Å²) in [5.41, 5.74) is 9.11. The van der Waals surface area contributed by atoms with Gasteiger partial charge in [0, 0.05) is 5.69 Å². The molecule has 0 radical (unpaired) electrons. The molecule has 3 heteroatoms. The van der Waals surface area contributed by atoms with Crippen LogP contribution in [0.15, 0.2) is 18.2 Å². The van der Waals surface area contributed by atoms with Gasteiger partial charge in [-0.1, -0.05) is 6.07 Å². The van der Waals surface area contributed by atoms with Gasteiger partial charge in [-0.15, -0.1) is 0 Å². The molecule has 1 aliphatic carbocycles. The van der Waals surface area contributed by atoms with Crippen molar-refractivity contribution in [2.24, 2.45) is 5.73 Å². The molecule has 0 aliphatic heterocycles. The minimum absolute atomic E-state index is 0.132. The van der Waals surface area contributed by atoms with Crippen LogP contribution in [-0.4, -0.2) is 11.9 Å². The molecular formula is C12H16N2O. The fourth-order valence-corrected chi connectivity index (χ4v) is 1.91. The van der Waals surface area contributed by atoms with E-state index in [1.807, 2.05) is 6.07 Å². The maximum atomic E-state index is 11.4. The number of carbonyl (C=O) groups excluding carboxylic acids is 1. The first-order valence-electron chi connectivity index (χ1n) is 5.35. The molecule has 0 saturated carbocycles. The van der Waals surface area contributed by atoms with Crippen molar-refractivity contribution in [1.82, 2.24) is 0 Å². The molecule has 0 saturated heterocycles. The van der Waals surface area contributed by atoms with Gasteiger partial charge in [-0.3, -0.25) is 4.79 Å². The largest absolute Gasteiger partial charge is 0.325 e. The summed E-state index contributed by atoms with van der Waals surface area (Å²) in [6.07, 6.45) is 3.51. The lowest BCUT2D eigenvalue weighted by Crippen LogP contribution is -2.32. The highest BCUT2D eigenvalue weighted by molar-refractivity contribution is 5.94. The molecule has 0 unspecified atom stereocenters. The summed E-state index contributed by atoms with van der Waals surface area (Å²) >= 11 is 0. The third-order valence-corrected chi connectivity index (χ3v) is 2.78. The highest BCUT2D eigenvalue weighted by atomic mass is 16.2. The molecule has 1 atom stereocenters. The van der Waals surface area contributed by atoms with E-state index in [0.29, 0.717) is 0 Å². The molecule has 0 bridgehead atoms. The average molecular weight is 204 g/mol. The SMILES string of the molecule is C[C@H](N)C(=O)Nc1ccc2c(c1)CCC2. The first kappa shape index (κ1) is 10.2. The van der Waals surface area contributed by atoms with Crippen LogP contribution >= 0.6 is 0 Å². The van der Waals surface area contributed by atoms with Gasteiger partial charge in [-0.25, -0.2) is 0 Å². The molecule has 3 nitrogen and oxygen atoms in total. The molecule has 3 N–H and O–H groups in total. The Kier molecular flexibility index (Phi) is 2.73. The van der Waals surface area contributed by atoms with E-state index in [0.717, 1.165) is 18.5 Å². The van der Waals surface area contributed by atoms with Crippen LogP contribution in [0.25, 0.3) is 0 Å². The highest BCUT2D eigenvalue weighted by Gasteiger charge is 2.12. The Morgan fingerprint density at radius 1 is 1.40 bits per heavy atom. The quantitative estimate of drug-likeness (QED) is 0.766. The smallest absolute Gasteiger partial charge is 0.240 e. The third-order valence-electron chi connectivity index (χ3n) is 2.78.